The minimum absolute atomic E-state index is 0.0572. The molecule has 0 saturated heterocycles. The number of hydrogen-bond acceptors (Lipinski definition) is 5. The quantitative estimate of drug-likeness (QED) is 0.197. The van der Waals surface area contributed by atoms with Crippen LogP contribution in [0.25, 0.3) is 11.4 Å². The van der Waals surface area contributed by atoms with Crippen LogP contribution < -0.4 is 9.47 Å². The van der Waals surface area contributed by atoms with E-state index in [0.717, 1.165) is 37.0 Å². The third-order valence-corrected chi connectivity index (χ3v) is 5.59. The van der Waals surface area contributed by atoms with Gasteiger partial charge in [-0.3, -0.25) is 0 Å². The summed E-state index contributed by atoms with van der Waals surface area (Å²) < 4.78 is 55.8. The highest BCUT2D eigenvalue weighted by Crippen LogP contribution is 2.25. The molecule has 0 fully saturated rings. The van der Waals surface area contributed by atoms with E-state index < -0.39 is 18.9 Å². The molecule has 0 aliphatic carbocycles. The Bertz CT molecular complexity index is 799. The van der Waals surface area contributed by atoms with Crippen molar-refractivity contribution in [3.05, 3.63) is 36.7 Å². The third kappa shape index (κ3) is 11.8. The molecule has 0 spiro atoms. The molecule has 0 amide bonds. The maximum absolute atomic E-state index is 13.2. The largest absolute Gasteiger partial charge is 0.494 e. The summed E-state index contributed by atoms with van der Waals surface area (Å²) in [5.74, 6) is 1.41. The molecule has 1 atom stereocenters. The van der Waals surface area contributed by atoms with Crippen molar-refractivity contribution in [1.29, 1.82) is 0 Å². The van der Waals surface area contributed by atoms with E-state index in [1.807, 2.05) is 31.2 Å². The van der Waals surface area contributed by atoms with Gasteiger partial charge in [0.1, 0.15) is 12.4 Å². The second kappa shape index (κ2) is 16.3. The molecule has 35 heavy (non-hydrogen) atoms. The Morgan fingerprint density at radius 2 is 1.29 bits per heavy atom. The lowest BCUT2D eigenvalue weighted by molar-refractivity contribution is -0.227. The third-order valence-electron chi connectivity index (χ3n) is 5.59. The molecule has 0 N–H and O–H groups in total. The van der Waals surface area contributed by atoms with E-state index in [4.69, 9.17) is 14.2 Å². The molecule has 0 aliphatic heterocycles. The van der Waals surface area contributed by atoms with E-state index >= 15 is 0 Å². The van der Waals surface area contributed by atoms with Crippen LogP contribution in [0, 0.1) is 0 Å². The first-order chi connectivity index (χ1) is 16.9. The summed E-state index contributed by atoms with van der Waals surface area (Å²) in [5, 5.41) is 0. The van der Waals surface area contributed by atoms with Crippen LogP contribution in [-0.4, -0.2) is 42.1 Å². The normalized spacial score (nSPS) is 12.5. The lowest BCUT2D eigenvalue weighted by atomic mass is 10.1. The molecule has 0 aliphatic rings. The summed E-state index contributed by atoms with van der Waals surface area (Å²) in [6.07, 6.45) is 7.00. The summed E-state index contributed by atoms with van der Waals surface area (Å²) in [6, 6.07) is 7.45. The maximum Gasteiger partial charge on any atom is 0.417 e. The molecule has 0 saturated carbocycles. The van der Waals surface area contributed by atoms with E-state index in [-0.39, 0.29) is 12.4 Å². The van der Waals surface area contributed by atoms with Gasteiger partial charge in [0.25, 0.3) is 0 Å². The van der Waals surface area contributed by atoms with Gasteiger partial charge < -0.3 is 14.2 Å². The van der Waals surface area contributed by atoms with Crippen molar-refractivity contribution in [3.8, 4) is 22.9 Å². The SMILES string of the molecule is CCCCCCCCOc1ccc(-c2ncc(OCC(OCCCCCC)C(F)(F)F)cn2)cc1. The number of hydrogen-bond donors (Lipinski definition) is 0. The first-order valence-electron chi connectivity index (χ1n) is 12.8. The fourth-order valence-corrected chi connectivity index (χ4v) is 3.48. The standard InChI is InChI=1S/C27H39F3N2O3/c1-3-5-7-9-10-12-17-33-23-15-13-22(14-16-23)26-31-19-24(20-32-26)35-21-25(27(28,29)30)34-18-11-8-6-4-2/h13-16,19-20,25H,3-12,17-18,21H2,1-2H3. The highest BCUT2D eigenvalue weighted by Gasteiger charge is 2.41. The zero-order chi connectivity index (χ0) is 25.4. The number of ether oxygens (including phenoxy) is 3. The van der Waals surface area contributed by atoms with Crippen molar-refractivity contribution in [2.24, 2.45) is 0 Å². The number of halogens is 3. The molecule has 8 heteroatoms. The number of benzene rings is 1. The minimum atomic E-state index is -4.50. The molecule has 5 nitrogen and oxygen atoms in total. The zero-order valence-electron chi connectivity index (χ0n) is 21.0. The Kier molecular flexibility index (Phi) is 13.5. The van der Waals surface area contributed by atoms with Crippen LogP contribution in [0.5, 0.6) is 11.5 Å². The number of rotatable bonds is 18. The van der Waals surface area contributed by atoms with Crippen LogP contribution in [0.15, 0.2) is 36.7 Å². The molecular weight excluding hydrogens is 457 g/mol. The maximum atomic E-state index is 13.2. The van der Waals surface area contributed by atoms with Gasteiger partial charge in [0.15, 0.2) is 17.7 Å². The average Bonchev–Trinajstić information content (AvgIpc) is 2.85. The number of unbranched alkanes of at least 4 members (excludes halogenated alkanes) is 8. The van der Waals surface area contributed by atoms with Gasteiger partial charge >= 0.3 is 6.18 Å². The monoisotopic (exact) mass is 496 g/mol. The van der Waals surface area contributed by atoms with Crippen LogP contribution in [0.4, 0.5) is 13.2 Å². The van der Waals surface area contributed by atoms with Gasteiger partial charge in [-0.15, -0.1) is 0 Å². The first kappa shape index (κ1) is 28.9. The van der Waals surface area contributed by atoms with Crippen molar-refractivity contribution in [2.75, 3.05) is 19.8 Å². The van der Waals surface area contributed by atoms with E-state index in [1.165, 1.54) is 44.5 Å². The Morgan fingerprint density at radius 1 is 0.714 bits per heavy atom. The highest BCUT2D eigenvalue weighted by atomic mass is 19.4. The zero-order valence-corrected chi connectivity index (χ0v) is 21.0. The van der Waals surface area contributed by atoms with Crippen LogP contribution in [0.3, 0.4) is 0 Å². The second-order valence-electron chi connectivity index (χ2n) is 8.66. The second-order valence-corrected chi connectivity index (χ2v) is 8.66. The summed E-state index contributed by atoms with van der Waals surface area (Å²) >= 11 is 0. The van der Waals surface area contributed by atoms with E-state index in [9.17, 15) is 13.2 Å². The van der Waals surface area contributed by atoms with Gasteiger partial charge in [0.2, 0.25) is 0 Å². The smallest absolute Gasteiger partial charge is 0.417 e. The molecule has 1 unspecified atom stereocenters. The Labute approximate surface area is 207 Å². The molecule has 1 aromatic carbocycles. The number of nitrogens with zero attached hydrogens (tertiary/aromatic N) is 2. The van der Waals surface area contributed by atoms with E-state index in [1.54, 1.807) is 0 Å². The average molecular weight is 497 g/mol. The van der Waals surface area contributed by atoms with Crippen molar-refractivity contribution < 1.29 is 27.4 Å². The Hall–Kier alpha value is -2.35. The molecule has 2 aromatic rings. The topological polar surface area (TPSA) is 53.5 Å². The predicted molar refractivity (Wildman–Crippen MR) is 132 cm³/mol. The number of aromatic nitrogens is 2. The number of alkyl halides is 3. The molecular formula is C27H39F3N2O3. The lowest BCUT2D eigenvalue weighted by Crippen LogP contribution is -2.37. The van der Waals surface area contributed by atoms with Gasteiger partial charge in [-0.05, 0) is 37.1 Å². The van der Waals surface area contributed by atoms with Crippen LogP contribution >= 0.6 is 0 Å². The van der Waals surface area contributed by atoms with Gasteiger partial charge in [-0.2, -0.15) is 13.2 Å². The molecule has 2 rings (SSSR count). The summed E-state index contributed by atoms with van der Waals surface area (Å²) in [6.45, 7) is 4.36. The van der Waals surface area contributed by atoms with Crippen LogP contribution in [0.2, 0.25) is 0 Å². The molecule has 196 valence electrons. The van der Waals surface area contributed by atoms with Gasteiger partial charge in [-0.1, -0.05) is 65.2 Å². The summed E-state index contributed by atoms with van der Waals surface area (Å²) in [4.78, 5) is 8.45. The summed E-state index contributed by atoms with van der Waals surface area (Å²) in [5.41, 5.74) is 0.784. The van der Waals surface area contributed by atoms with Crippen molar-refractivity contribution in [2.45, 2.75) is 90.3 Å². The fourth-order valence-electron chi connectivity index (χ4n) is 3.48. The molecule has 0 radical (unpaired) electrons. The van der Waals surface area contributed by atoms with E-state index in [0.29, 0.717) is 18.9 Å². The van der Waals surface area contributed by atoms with Gasteiger partial charge in [-0.25, -0.2) is 9.97 Å². The Balaban J connectivity index is 1.78. The first-order valence-corrected chi connectivity index (χ1v) is 12.8. The van der Waals surface area contributed by atoms with Crippen molar-refractivity contribution >= 4 is 0 Å². The van der Waals surface area contributed by atoms with Crippen LogP contribution in [-0.2, 0) is 4.74 Å². The van der Waals surface area contributed by atoms with Crippen LogP contribution in [0.1, 0.15) is 78.1 Å². The Morgan fingerprint density at radius 3 is 1.91 bits per heavy atom. The van der Waals surface area contributed by atoms with Crippen molar-refractivity contribution in [1.82, 2.24) is 9.97 Å². The summed E-state index contributed by atoms with van der Waals surface area (Å²) in [7, 11) is 0. The highest BCUT2D eigenvalue weighted by molar-refractivity contribution is 5.56. The molecule has 0 bridgehead atoms. The van der Waals surface area contributed by atoms with E-state index in [2.05, 4.69) is 16.9 Å². The van der Waals surface area contributed by atoms with Crippen molar-refractivity contribution in [3.63, 3.8) is 0 Å². The van der Waals surface area contributed by atoms with Gasteiger partial charge in [0.05, 0.1) is 19.0 Å². The minimum Gasteiger partial charge on any atom is -0.494 e. The molecule has 1 aromatic heterocycles. The lowest BCUT2D eigenvalue weighted by Gasteiger charge is -2.21. The van der Waals surface area contributed by atoms with Gasteiger partial charge in [0, 0.05) is 12.2 Å². The predicted octanol–water partition coefficient (Wildman–Crippen LogP) is 7.79. The fraction of sp³-hybridized carbons (Fsp3) is 0.630. The molecule has 1 heterocycles.